The van der Waals surface area contributed by atoms with Crippen LogP contribution in [-0.4, -0.2) is 31.1 Å². The van der Waals surface area contributed by atoms with Crippen LogP contribution in [0.3, 0.4) is 0 Å². The van der Waals surface area contributed by atoms with Crippen molar-refractivity contribution in [2.75, 3.05) is 20.1 Å². The molecule has 0 spiro atoms. The zero-order valence-electron chi connectivity index (χ0n) is 13.3. The highest BCUT2D eigenvalue weighted by molar-refractivity contribution is 9.10. The number of hydrogen-bond donors (Lipinski definition) is 1. The molecule has 114 valence electrons. The lowest BCUT2D eigenvalue weighted by Crippen LogP contribution is -2.32. The Hall–Kier alpha value is -0.380. The molecule has 3 heteroatoms. The Morgan fingerprint density at radius 1 is 1.20 bits per heavy atom. The van der Waals surface area contributed by atoms with Crippen molar-refractivity contribution >= 4 is 15.9 Å². The molecule has 2 atom stereocenters. The van der Waals surface area contributed by atoms with Gasteiger partial charge in [0.15, 0.2) is 0 Å². The van der Waals surface area contributed by atoms with E-state index in [1.807, 2.05) is 0 Å². The van der Waals surface area contributed by atoms with Crippen LogP contribution in [0.1, 0.15) is 51.6 Å². The first-order chi connectivity index (χ1) is 9.58. The van der Waals surface area contributed by atoms with Crippen LogP contribution >= 0.6 is 15.9 Å². The topological polar surface area (TPSA) is 15.3 Å². The molecule has 1 rings (SSSR count). The molecule has 0 saturated carbocycles. The summed E-state index contributed by atoms with van der Waals surface area (Å²) >= 11 is 3.51. The average Bonchev–Trinajstić information content (AvgIpc) is 2.47. The minimum absolute atomic E-state index is 0.453. The maximum atomic E-state index is 3.68. The molecule has 1 aromatic rings. The van der Waals surface area contributed by atoms with E-state index in [4.69, 9.17) is 0 Å². The van der Waals surface area contributed by atoms with Gasteiger partial charge in [-0.3, -0.25) is 0 Å². The normalized spacial score (nSPS) is 14.5. The molecule has 0 heterocycles. The molecule has 0 amide bonds. The third-order valence-electron chi connectivity index (χ3n) is 4.03. The molecule has 0 radical (unpaired) electrons. The van der Waals surface area contributed by atoms with Crippen molar-refractivity contribution in [1.82, 2.24) is 10.2 Å². The largest absolute Gasteiger partial charge is 0.310 e. The Labute approximate surface area is 133 Å². The van der Waals surface area contributed by atoms with E-state index in [-0.39, 0.29) is 0 Å². The van der Waals surface area contributed by atoms with Crippen LogP contribution in [0, 0.1) is 0 Å². The standard InChI is InChI=1S/C17H29BrN2/c1-5-12-19-17(11-13-20(4)14(3)6-2)15-7-9-16(18)10-8-15/h7-10,14,17,19H,5-6,11-13H2,1-4H3. The van der Waals surface area contributed by atoms with Crippen molar-refractivity contribution < 1.29 is 0 Å². The van der Waals surface area contributed by atoms with E-state index in [2.05, 4.69) is 78.2 Å². The zero-order chi connectivity index (χ0) is 15.0. The molecule has 1 aromatic carbocycles. The van der Waals surface area contributed by atoms with Gasteiger partial charge in [0.1, 0.15) is 0 Å². The van der Waals surface area contributed by atoms with Crippen molar-refractivity contribution in [2.24, 2.45) is 0 Å². The van der Waals surface area contributed by atoms with E-state index < -0.39 is 0 Å². The molecule has 0 aliphatic heterocycles. The summed E-state index contributed by atoms with van der Waals surface area (Å²) in [5.41, 5.74) is 1.39. The highest BCUT2D eigenvalue weighted by Gasteiger charge is 2.13. The molecule has 0 aromatic heterocycles. The second-order valence-corrected chi connectivity index (χ2v) is 6.50. The Bertz CT molecular complexity index is 364. The predicted octanol–water partition coefficient (Wildman–Crippen LogP) is 4.61. The second kappa shape index (κ2) is 9.54. The first kappa shape index (κ1) is 17.7. The molecule has 20 heavy (non-hydrogen) atoms. The van der Waals surface area contributed by atoms with E-state index in [1.54, 1.807) is 0 Å². The predicted molar refractivity (Wildman–Crippen MR) is 92.2 cm³/mol. The van der Waals surface area contributed by atoms with Crippen molar-refractivity contribution in [3.8, 4) is 0 Å². The van der Waals surface area contributed by atoms with E-state index >= 15 is 0 Å². The van der Waals surface area contributed by atoms with Gasteiger partial charge in [-0.1, -0.05) is 41.9 Å². The molecular weight excluding hydrogens is 312 g/mol. The van der Waals surface area contributed by atoms with E-state index in [0.717, 1.165) is 24.0 Å². The summed E-state index contributed by atoms with van der Waals surface area (Å²) in [7, 11) is 2.23. The van der Waals surface area contributed by atoms with Gasteiger partial charge in [0.2, 0.25) is 0 Å². The van der Waals surface area contributed by atoms with E-state index in [1.165, 1.54) is 18.4 Å². The van der Waals surface area contributed by atoms with Gasteiger partial charge in [0.05, 0.1) is 0 Å². The van der Waals surface area contributed by atoms with Gasteiger partial charge in [-0.15, -0.1) is 0 Å². The van der Waals surface area contributed by atoms with Gasteiger partial charge >= 0.3 is 0 Å². The first-order valence-electron chi connectivity index (χ1n) is 7.77. The SMILES string of the molecule is CCCNC(CCN(C)C(C)CC)c1ccc(Br)cc1. The molecule has 0 aliphatic carbocycles. The maximum absolute atomic E-state index is 3.68. The number of rotatable bonds is 9. The van der Waals surface area contributed by atoms with Crippen LogP contribution in [0.25, 0.3) is 0 Å². The van der Waals surface area contributed by atoms with Gasteiger partial charge in [-0.25, -0.2) is 0 Å². The molecule has 0 aliphatic rings. The summed E-state index contributed by atoms with van der Waals surface area (Å²) in [5, 5.41) is 3.68. The van der Waals surface area contributed by atoms with Crippen molar-refractivity contribution in [2.45, 2.75) is 52.1 Å². The highest BCUT2D eigenvalue weighted by Crippen LogP contribution is 2.20. The van der Waals surface area contributed by atoms with Crippen LogP contribution in [-0.2, 0) is 0 Å². The Morgan fingerprint density at radius 2 is 1.85 bits per heavy atom. The van der Waals surface area contributed by atoms with Crippen LogP contribution in [0.15, 0.2) is 28.7 Å². The highest BCUT2D eigenvalue weighted by atomic mass is 79.9. The fourth-order valence-corrected chi connectivity index (χ4v) is 2.53. The number of halogens is 1. The van der Waals surface area contributed by atoms with Gasteiger partial charge in [-0.05, 0) is 64.0 Å². The smallest absolute Gasteiger partial charge is 0.0332 e. The summed E-state index contributed by atoms with van der Waals surface area (Å²) in [6, 6.07) is 9.82. The average molecular weight is 341 g/mol. The summed E-state index contributed by atoms with van der Waals surface area (Å²) in [6.45, 7) is 8.98. The first-order valence-corrected chi connectivity index (χ1v) is 8.56. The van der Waals surface area contributed by atoms with Crippen molar-refractivity contribution in [3.63, 3.8) is 0 Å². The number of benzene rings is 1. The minimum Gasteiger partial charge on any atom is -0.310 e. The summed E-state index contributed by atoms with van der Waals surface area (Å²) in [5.74, 6) is 0. The fraction of sp³-hybridized carbons (Fsp3) is 0.647. The summed E-state index contributed by atoms with van der Waals surface area (Å²) < 4.78 is 1.15. The Balaban J connectivity index is 2.62. The monoisotopic (exact) mass is 340 g/mol. The Morgan fingerprint density at radius 3 is 2.40 bits per heavy atom. The van der Waals surface area contributed by atoms with Crippen LogP contribution in [0.2, 0.25) is 0 Å². The quantitative estimate of drug-likeness (QED) is 0.706. The third kappa shape index (κ3) is 5.94. The third-order valence-corrected chi connectivity index (χ3v) is 4.56. The second-order valence-electron chi connectivity index (χ2n) is 5.58. The maximum Gasteiger partial charge on any atom is 0.0332 e. The fourth-order valence-electron chi connectivity index (χ4n) is 2.27. The van der Waals surface area contributed by atoms with Crippen molar-refractivity contribution in [3.05, 3.63) is 34.3 Å². The van der Waals surface area contributed by atoms with Crippen LogP contribution in [0.4, 0.5) is 0 Å². The van der Waals surface area contributed by atoms with Gasteiger partial charge in [0.25, 0.3) is 0 Å². The van der Waals surface area contributed by atoms with Crippen LogP contribution < -0.4 is 5.32 Å². The lowest BCUT2D eigenvalue weighted by molar-refractivity contribution is 0.237. The summed E-state index contributed by atoms with van der Waals surface area (Å²) in [6.07, 6.45) is 3.54. The summed E-state index contributed by atoms with van der Waals surface area (Å²) in [4.78, 5) is 2.46. The molecule has 0 saturated heterocycles. The molecule has 2 nitrogen and oxygen atoms in total. The minimum atomic E-state index is 0.453. The number of hydrogen-bond acceptors (Lipinski definition) is 2. The molecule has 2 unspecified atom stereocenters. The van der Waals surface area contributed by atoms with Crippen molar-refractivity contribution in [1.29, 1.82) is 0 Å². The molecule has 0 bridgehead atoms. The van der Waals surface area contributed by atoms with Gasteiger partial charge in [-0.2, -0.15) is 0 Å². The van der Waals surface area contributed by atoms with Crippen LogP contribution in [0.5, 0.6) is 0 Å². The van der Waals surface area contributed by atoms with E-state index in [0.29, 0.717) is 12.1 Å². The number of nitrogens with one attached hydrogen (secondary N) is 1. The van der Waals surface area contributed by atoms with E-state index in [9.17, 15) is 0 Å². The molecule has 1 N–H and O–H groups in total. The lowest BCUT2D eigenvalue weighted by Gasteiger charge is -2.27. The van der Waals surface area contributed by atoms with Gasteiger partial charge in [0, 0.05) is 16.6 Å². The number of nitrogens with zero attached hydrogens (tertiary/aromatic N) is 1. The molecular formula is C17H29BrN2. The molecule has 0 fully saturated rings. The van der Waals surface area contributed by atoms with Gasteiger partial charge < -0.3 is 10.2 Å². The lowest BCUT2D eigenvalue weighted by atomic mass is 10.0. The zero-order valence-corrected chi connectivity index (χ0v) is 14.9. The Kier molecular flexibility index (Phi) is 8.43.